The molecule has 7 heteroatoms. The van der Waals surface area contributed by atoms with E-state index in [-0.39, 0.29) is 0 Å². The standard InChI is InChI=1S/C72H50N6Si/c1-74-50-36-40-54(41-37-50)76(56-43-45-70-64(47-56)60-23-11-13-29-68(60)78(70)52-20-8-5-9-21-52)66-31-15-27-62-58(66)25-17-33-72(62)79(2,3)71-32-16-24-57-61(71)26-14-30-65(57)75(53-38-34-49(48-73)35-39-53)55-42-44-69-63(46-55)59-22-10-12-28-67(59)77(69)51-18-6-4-7-19-51/h4-47H,2-3H3. The quantitative estimate of drug-likeness (QED) is 0.101. The summed E-state index contributed by atoms with van der Waals surface area (Å²) >= 11 is 0. The number of benzene rings is 12. The van der Waals surface area contributed by atoms with Crippen LogP contribution >= 0.6 is 0 Å². The highest BCUT2D eigenvalue weighted by atomic mass is 28.3. The Kier molecular flexibility index (Phi) is 11.3. The lowest BCUT2D eigenvalue weighted by Gasteiger charge is -2.31. The fourth-order valence-electron chi connectivity index (χ4n) is 12.3. The predicted molar refractivity (Wildman–Crippen MR) is 334 cm³/mol. The Morgan fingerprint density at radius 3 is 1.20 bits per heavy atom. The maximum atomic E-state index is 9.92. The van der Waals surface area contributed by atoms with E-state index in [1.54, 1.807) is 0 Å². The monoisotopic (exact) mass is 1030 g/mol. The molecule has 0 aliphatic carbocycles. The molecule has 0 N–H and O–H groups in total. The van der Waals surface area contributed by atoms with Crippen LogP contribution in [0.25, 0.3) is 81.4 Å². The third kappa shape index (κ3) is 7.75. The fraction of sp³-hybridized carbons (Fsp3) is 0.0278. The molecular weight excluding hydrogens is 977 g/mol. The van der Waals surface area contributed by atoms with Gasteiger partial charge >= 0.3 is 0 Å². The summed E-state index contributed by atoms with van der Waals surface area (Å²) in [5.41, 5.74) is 14.2. The van der Waals surface area contributed by atoms with E-state index in [1.807, 2.05) is 24.3 Å². The first-order chi connectivity index (χ1) is 38.9. The maximum absolute atomic E-state index is 9.92. The van der Waals surface area contributed by atoms with E-state index in [0.29, 0.717) is 11.3 Å². The van der Waals surface area contributed by atoms with Crippen LogP contribution in [0.1, 0.15) is 5.56 Å². The normalized spacial score (nSPS) is 11.6. The van der Waals surface area contributed by atoms with Crippen molar-refractivity contribution in [3.05, 3.63) is 284 Å². The van der Waals surface area contributed by atoms with Crippen molar-refractivity contribution in [2.45, 2.75) is 13.1 Å². The Hall–Kier alpha value is -10.4. The average Bonchev–Trinajstić information content (AvgIpc) is 4.06. The highest BCUT2D eigenvalue weighted by molar-refractivity contribution is 7.03. The van der Waals surface area contributed by atoms with Crippen LogP contribution in [-0.4, -0.2) is 17.2 Å². The Balaban J connectivity index is 0.920. The van der Waals surface area contributed by atoms with Gasteiger partial charge in [0.1, 0.15) is 8.07 Å². The molecule has 2 aromatic heterocycles. The molecule has 0 bridgehead atoms. The number of hydrogen-bond acceptors (Lipinski definition) is 3. The van der Waals surface area contributed by atoms with Crippen molar-refractivity contribution in [2.75, 3.05) is 9.80 Å². The lowest BCUT2D eigenvalue weighted by molar-refractivity contribution is 1.18. The van der Waals surface area contributed by atoms with Crippen molar-refractivity contribution in [2.24, 2.45) is 0 Å². The largest absolute Gasteiger partial charge is 0.310 e. The van der Waals surface area contributed by atoms with Crippen LogP contribution in [0.15, 0.2) is 267 Å². The van der Waals surface area contributed by atoms with Gasteiger partial charge in [-0.05, 0) is 142 Å². The fourth-order valence-corrected chi connectivity index (χ4v) is 15.4. The van der Waals surface area contributed by atoms with Gasteiger partial charge in [-0.2, -0.15) is 5.26 Å². The second kappa shape index (κ2) is 19.0. The molecule has 79 heavy (non-hydrogen) atoms. The van der Waals surface area contributed by atoms with Crippen LogP contribution in [0.3, 0.4) is 0 Å². The lowest BCUT2D eigenvalue weighted by atomic mass is 10.0. The summed E-state index contributed by atoms with van der Waals surface area (Å²) in [6.07, 6.45) is 0. The summed E-state index contributed by atoms with van der Waals surface area (Å²) in [6.45, 7) is 12.8. The van der Waals surface area contributed by atoms with Crippen molar-refractivity contribution in [1.29, 1.82) is 5.26 Å². The minimum atomic E-state index is -2.55. The molecule has 12 aromatic carbocycles. The van der Waals surface area contributed by atoms with Gasteiger partial charge in [0.05, 0.1) is 51.6 Å². The van der Waals surface area contributed by atoms with E-state index in [4.69, 9.17) is 6.57 Å². The van der Waals surface area contributed by atoms with Gasteiger partial charge in [-0.25, -0.2) is 4.85 Å². The maximum Gasteiger partial charge on any atom is 0.187 e. The summed E-state index contributed by atoms with van der Waals surface area (Å²) in [7, 11) is -2.55. The van der Waals surface area contributed by atoms with E-state index in [9.17, 15) is 5.26 Å². The minimum Gasteiger partial charge on any atom is -0.310 e. The number of hydrogen-bond donors (Lipinski definition) is 0. The van der Waals surface area contributed by atoms with Crippen molar-refractivity contribution in [1.82, 2.24) is 9.13 Å². The molecule has 0 atom stereocenters. The van der Waals surface area contributed by atoms with Gasteiger partial charge in [-0.3, -0.25) is 0 Å². The third-order valence-corrected chi connectivity index (χ3v) is 19.5. The SMILES string of the molecule is [C-]#[N+]c1ccc(N(c2ccc3c(c2)c2ccccc2n3-c2ccccc2)c2cccc3c([Si](C)(C)c4cccc5c(N(c6ccc(C#N)cc6)c6ccc7c(c6)c6ccccc6n7-c6ccccc6)cccc45)cccc23)cc1. The second-order valence-electron chi connectivity index (χ2n) is 20.7. The first-order valence-electron chi connectivity index (χ1n) is 26.7. The van der Waals surface area contributed by atoms with E-state index in [0.717, 1.165) is 83.7 Å². The number of aromatic nitrogens is 2. The molecule has 14 aromatic rings. The van der Waals surface area contributed by atoms with Crippen LogP contribution in [0.5, 0.6) is 0 Å². The van der Waals surface area contributed by atoms with Gasteiger partial charge in [0.25, 0.3) is 0 Å². The first-order valence-corrected chi connectivity index (χ1v) is 29.7. The average molecular weight is 1030 g/mol. The van der Waals surface area contributed by atoms with E-state index in [1.165, 1.54) is 37.3 Å². The summed E-state index contributed by atoms with van der Waals surface area (Å²) in [5.74, 6) is 0. The Bertz CT molecular complexity index is 4470. The molecule has 0 radical (unpaired) electrons. The highest BCUT2D eigenvalue weighted by Gasteiger charge is 2.31. The van der Waals surface area contributed by atoms with E-state index < -0.39 is 8.07 Å². The summed E-state index contributed by atoms with van der Waals surface area (Å²) in [4.78, 5) is 8.48. The molecule has 2 heterocycles. The molecule has 0 fully saturated rings. The molecule has 0 saturated heterocycles. The molecular formula is C72H50N6Si. The smallest absolute Gasteiger partial charge is 0.187 e. The molecule has 0 aliphatic heterocycles. The van der Waals surface area contributed by atoms with E-state index >= 15 is 0 Å². The molecule has 0 spiro atoms. The van der Waals surface area contributed by atoms with Crippen LogP contribution in [-0.2, 0) is 0 Å². The van der Waals surface area contributed by atoms with Crippen LogP contribution in [0.2, 0.25) is 13.1 Å². The Labute approximate surface area is 459 Å². The summed E-state index contributed by atoms with van der Waals surface area (Å²) in [5, 5.41) is 22.0. The zero-order valence-corrected chi connectivity index (χ0v) is 44.6. The van der Waals surface area contributed by atoms with Crippen molar-refractivity contribution >= 4 is 123 Å². The Morgan fingerprint density at radius 2 is 0.747 bits per heavy atom. The van der Waals surface area contributed by atoms with Gasteiger partial charge in [-0.1, -0.05) is 159 Å². The van der Waals surface area contributed by atoms with Crippen LogP contribution < -0.4 is 20.2 Å². The van der Waals surface area contributed by atoms with Crippen molar-refractivity contribution in [3.63, 3.8) is 0 Å². The number of rotatable bonds is 10. The van der Waals surface area contributed by atoms with Gasteiger partial charge in [0.2, 0.25) is 0 Å². The van der Waals surface area contributed by atoms with Gasteiger partial charge in [-0.15, -0.1) is 0 Å². The highest BCUT2D eigenvalue weighted by Crippen LogP contribution is 2.45. The van der Waals surface area contributed by atoms with Crippen molar-refractivity contribution in [3.8, 4) is 17.4 Å². The molecule has 0 saturated carbocycles. The van der Waals surface area contributed by atoms with E-state index in [2.05, 4.69) is 286 Å². The number of fused-ring (bicyclic) bond motifs is 8. The predicted octanol–water partition coefficient (Wildman–Crippen LogP) is 18.4. The zero-order chi connectivity index (χ0) is 53.2. The molecule has 0 aliphatic rings. The number of anilines is 6. The minimum absolute atomic E-state index is 0.601. The molecule has 6 nitrogen and oxygen atoms in total. The number of nitriles is 1. The van der Waals surface area contributed by atoms with Gasteiger partial charge in [0, 0.05) is 66.4 Å². The summed E-state index contributed by atoms with van der Waals surface area (Å²) < 4.78 is 4.71. The van der Waals surface area contributed by atoms with Crippen LogP contribution in [0, 0.1) is 17.9 Å². The van der Waals surface area contributed by atoms with Gasteiger partial charge in [0.15, 0.2) is 5.69 Å². The number of para-hydroxylation sites is 4. The number of nitrogens with zero attached hydrogens (tertiary/aromatic N) is 6. The molecule has 372 valence electrons. The van der Waals surface area contributed by atoms with Gasteiger partial charge < -0.3 is 18.9 Å². The lowest BCUT2D eigenvalue weighted by Crippen LogP contribution is -2.53. The molecule has 14 rings (SSSR count). The van der Waals surface area contributed by atoms with Crippen LogP contribution in [0.4, 0.5) is 39.8 Å². The third-order valence-electron chi connectivity index (χ3n) is 16.0. The van der Waals surface area contributed by atoms with Crippen molar-refractivity contribution < 1.29 is 0 Å². The Morgan fingerprint density at radius 1 is 0.367 bits per heavy atom. The molecule has 0 unspecified atom stereocenters. The topological polar surface area (TPSA) is 44.5 Å². The second-order valence-corrected chi connectivity index (χ2v) is 25.0. The molecule has 0 amide bonds. The zero-order valence-electron chi connectivity index (χ0n) is 43.6. The summed E-state index contributed by atoms with van der Waals surface area (Å²) in [6, 6.07) is 97.6. The first kappa shape index (κ1) is 47.0.